The van der Waals surface area contributed by atoms with E-state index >= 15 is 0 Å². The van der Waals surface area contributed by atoms with Crippen molar-refractivity contribution in [1.82, 2.24) is 10.6 Å². The Morgan fingerprint density at radius 2 is 1.86 bits per heavy atom. The van der Waals surface area contributed by atoms with E-state index in [0.29, 0.717) is 12.8 Å². The molecule has 0 spiro atoms. The predicted octanol–water partition coefficient (Wildman–Crippen LogP) is 0.546. The molecule has 1 heterocycles. The highest BCUT2D eigenvalue weighted by Gasteiger charge is 2.27. The lowest BCUT2D eigenvalue weighted by atomic mass is 10.0. The number of benzene rings is 1. The Morgan fingerprint density at radius 3 is 2.38 bits per heavy atom. The van der Waals surface area contributed by atoms with Crippen molar-refractivity contribution < 1.29 is 18.0 Å². The molecule has 114 valence electrons. The molecule has 0 bridgehead atoms. The molecule has 2 atom stereocenters. The van der Waals surface area contributed by atoms with E-state index in [0.717, 1.165) is 11.8 Å². The number of piperidine rings is 1. The van der Waals surface area contributed by atoms with Crippen molar-refractivity contribution >= 4 is 21.7 Å². The summed E-state index contributed by atoms with van der Waals surface area (Å²) in [6.07, 6.45) is 1.95. The van der Waals surface area contributed by atoms with Crippen LogP contribution >= 0.6 is 0 Å². The minimum Gasteiger partial charge on any atom is -0.299 e. The van der Waals surface area contributed by atoms with Gasteiger partial charge in [-0.05, 0) is 31.0 Å². The first-order chi connectivity index (χ1) is 9.77. The van der Waals surface area contributed by atoms with Gasteiger partial charge < -0.3 is 0 Å². The van der Waals surface area contributed by atoms with E-state index < -0.39 is 15.9 Å². The van der Waals surface area contributed by atoms with Crippen LogP contribution in [-0.4, -0.2) is 32.5 Å². The number of carbonyl (C=O) groups is 2. The zero-order chi connectivity index (χ0) is 15.6. The number of rotatable bonds is 4. The molecule has 21 heavy (non-hydrogen) atoms. The minimum atomic E-state index is -3.21. The lowest BCUT2D eigenvalue weighted by Gasteiger charge is -2.25. The second-order valence-corrected chi connectivity index (χ2v) is 7.25. The van der Waals surface area contributed by atoms with Gasteiger partial charge in [0.1, 0.15) is 0 Å². The fourth-order valence-electron chi connectivity index (χ4n) is 2.25. The summed E-state index contributed by atoms with van der Waals surface area (Å²) in [6.45, 7) is 1.89. The van der Waals surface area contributed by atoms with Gasteiger partial charge in [-0.15, -0.1) is 0 Å². The molecule has 2 amide bonds. The van der Waals surface area contributed by atoms with Crippen molar-refractivity contribution in [3.8, 4) is 0 Å². The molecule has 2 unspecified atom stereocenters. The first-order valence-corrected chi connectivity index (χ1v) is 8.56. The molecule has 0 aliphatic carbocycles. The Balaban J connectivity index is 2.05. The third kappa shape index (κ3) is 3.89. The van der Waals surface area contributed by atoms with Crippen LogP contribution in [0.2, 0.25) is 0 Å². The van der Waals surface area contributed by atoms with Crippen LogP contribution in [0.3, 0.4) is 0 Å². The maximum atomic E-state index is 11.7. The van der Waals surface area contributed by atoms with E-state index in [-0.39, 0.29) is 22.8 Å². The summed E-state index contributed by atoms with van der Waals surface area (Å²) in [7, 11) is -3.21. The van der Waals surface area contributed by atoms with E-state index in [1.807, 2.05) is 6.92 Å². The second kappa shape index (κ2) is 5.95. The van der Waals surface area contributed by atoms with Crippen LogP contribution in [0.5, 0.6) is 0 Å². The van der Waals surface area contributed by atoms with Gasteiger partial charge in [0, 0.05) is 18.7 Å². The van der Waals surface area contributed by atoms with Crippen LogP contribution < -0.4 is 10.6 Å². The lowest BCUT2D eigenvalue weighted by molar-refractivity contribution is -0.134. The first kappa shape index (κ1) is 15.7. The van der Waals surface area contributed by atoms with Crippen LogP contribution in [0.4, 0.5) is 0 Å². The summed E-state index contributed by atoms with van der Waals surface area (Å²) in [4.78, 5) is 23.0. The van der Waals surface area contributed by atoms with E-state index in [1.54, 1.807) is 24.3 Å². The fraction of sp³-hybridized carbons (Fsp3) is 0.429. The van der Waals surface area contributed by atoms with Gasteiger partial charge in [-0.1, -0.05) is 12.1 Å². The molecule has 1 saturated heterocycles. The Morgan fingerprint density at radius 1 is 1.24 bits per heavy atom. The smallest absolute Gasteiger partial charge is 0.243 e. The molecule has 1 aromatic rings. The molecule has 1 aromatic carbocycles. The standard InChI is InChI=1S/C14H18N2O4S/c1-9(15-12-7-8-13(17)16-14(12)18)10-3-5-11(6-4-10)21(2,19)20/h3-6,9,12,15H,7-8H2,1-2H3,(H,16,17,18). The summed E-state index contributed by atoms with van der Waals surface area (Å²) in [5, 5.41) is 5.45. The highest BCUT2D eigenvalue weighted by atomic mass is 32.2. The molecule has 1 aliphatic rings. The van der Waals surface area contributed by atoms with Crippen molar-refractivity contribution in [2.45, 2.75) is 36.7 Å². The molecule has 1 fully saturated rings. The van der Waals surface area contributed by atoms with Crippen molar-refractivity contribution in [3.63, 3.8) is 0 Å². The van der Waals surface area contributed by atoms with Gasteiger partial charge in [0.25, 0.3) is 0 Å². The predicted molar refractivity (Wildman–Crippen MR) is 77.3 cm³/mol. The second-order valence-electron chi connectivity index (χ2n) is 5.23. The molecule has 7 heteroatoms. The Kier molecular flexibility index (Phi) is 4.43. The molecular weight excluding hydrogens is 292 g/mol. The normalized spacial score (nSPS) is 21.0. The van der Waals surface area contributed by atoms with Crippen LogP contribution in [0.25, 0.3) is 0 Å². The Bertz CT molecular complexity index is 652. The molecule has 0 saturated carbocycles. The van der Waals surface area contributed by atoms with Crippen LogP contribution in [-0.2, 0) is 19.4 Å². The molecule has 2 rings (SSSR count). The number of sulfone groups is 1. The minimum absolute atomic E-state index is 0.123. The maximum Gasteiger partial charge on any atom is 0.243 e. The van der Waals surface area contributed by atoms with E-state index in [4.69, 9.17) is 0 Å². The molecule has 0 aromatic heterocycles. The third-order valence-corrected chi connectivity index (χ3v) is 4.63. The van der Waals surface area contributed by atoms with Gasteiger partial charge in [0.15, 0.2) is 9.84 Å². The monoisotopic (exact) mass is 310 g/mol. The van der Waals surface area contributed by atoms with Gasteiger partial charge in [-0.2, -0.15) is 0 Å². The SMILES string of the molecule is CC(NC1CCC(=O)NC1=O)c1ccc(S(C)(=O)=O)cc1. The van der Waals surface area contributed by atoms with Crippen molar-refractivity contribution in [3.05, 3.63) is 29.8 Å². The highest BCUT2D eigenvalue weighted by molar-refractivity contribution is 7.90. The maximum absolute atomic E-state index is 11.7. The Hall–Kier alpha value is -1.73. The lowest BCUT2D eigenvalue weighted by Crippen LogP contribution is -2.51. The quantitative estimate of drug-likeness (QED) is 0.792. The number of nitrogens with one attached hydrogen (secondary N) is 2. The van der Waals surface area contributed by atoms with Gasteiger partial charge in [-0.25, -0.2) is 8.42 Å². The van der Waals surface area contributed by atoms with Crippen LogP contribution in [0.15, 0.2) is 29.2 Å². The number of hydrogen-bond donors (Lipinski definition) is 2. The summed E-state index contributed by atoms with van der Waals surface area (Å²) in [5.74, 6) is -0.561. The Labute approximate surface area is 123 Å². The van der Waals surface area contributed by atoms with Crippen molar-refractivity contribution in [2.24, 2.45) is 0 Å². The highest BCUT2D eigenvalue weighted by Crippen LogP contribution is 2.18. The number of amides is 2. The van der Waals surface area contributed by atoms with Crippen molar-refractivity contribution in [1.29, 1.82) is 0 Å². The summed E-state index contributed by atoms with van der Waals surface area (Å²) in [5.41, 5.74) is 0.882. The number of carbonyl (C=O) groups excluding carboxylic acids is 2. The average molecular weight is 310 g/mol. The zero-order valence-corrected chi connectivity index (χ0v) is 12.7. The third-order valence-electron chi connectivity index (χ3n) is 3.50. The molecule has 1 aliphatic heterocycles. The van der Waals surface area contributed by atoms with Crippen LogP contribution in [0.1, 0.15) is 31.4 Å². The van der Waals surface area contributed by atoms with Gasteiger partial charge in [0.2, 0.25) is 11.8 Å². The van der Waals surface area contributed by atoms with Crippen molar-refractivity contribution in [2.75, 3.05) is 6.26 Å². The largest absolute Gasteiger partial charge is 0.299 e. The van der Waals surface area contributed by atoms with Gasteiger partial charge >= 0.3 is 0 Å². The van der Waals surface area contributed by atoms with E-state index in [2.05, 4.69) is 10.6 Å². The number of hydrogen-bond acceptors (Lipinski definition) is 5. The fourth-order valence-corrected chi connectivity index (χ4v) is 2.88. The molecule has 6 nitrogen and oxygen atoms in total. The first-order valence-electron chi connectivity index (χ1n) is 6.67. The summed E-state index contributed by atoms with van der Waals surface area (Å²) < 4.78 is 22.8. The molecular formula is C14H18N2O4S. The van der Waals surface area contributed by atoms with Gasteiger partial charge in [0.05, 0.1) is 10.9 Å². The van der Waals surface area contributed by atoms with Crippen LogP contribution in [0, 0.1) is 0 Å². The number of imide groups is 1. The van der Waals surface area contributed by atoms with E-state index in [9.17, 15) is 18.0 Å². The zero-order valence-electron chi connectivity index (χ0n) is 11.9. The molecule has 2 N–H and O–H groups in total. The van der Waals surface area contributed by atoms with Gasteiger partial charge in [-0.3, -0.25) is 20.2 Å². The molecule has 0 radical (unpaired) electrons. The summed E-state index contributed by atoms with van der Waals surface area (Å²) in [6, 6.07) is 6.01. The van der Waals surface area contributed by atoms with E-state index in [1.165, 1.54) is 0 Å². The topological polar surface area (TPSA) is 92.3 Å². The summed E-state index contributed by atoms with van der Waals surface area (Å²) >= 11 is 0. The average Bonchev–Trinajstić information content (AvgIpc) is 2.41.